The molecule has 1 aliphatic carbocycles. The number of nitriles is 1. The van der Waals surface area contributed by atoms with E-state index in [9.17, 15) is 5.26 Å². The third-order valence-electron chi connectivity index (χ3n) is 4.05. The molecule has 1 heterocycles. The average Bonchev–Trinajstić information content (AvgIpc) is 2.82. The molecule has 2 atom stereocenters. The molecule has 2 unspecified atom stereocenters. The number of nitrogens with zero attached hydrogens (tertiary/aromatic N) is 3. The standard InChI is InChI=1S/C14H20N4O/c1-9-10(2)17-18-14(12(9)8-15)16-13-5-3-4-11(13)6-7-19/h11,13,19H,3-7H2,1-2H3,(H,16,18). The molecule has 0 spiro atoms. The summed E-state index contributed by atoms with van der Waals surface area (Å²) < 4.78 is 0. The van der Waals surface area contributed by atoms with E-state index in [1.807, 2.05) is 13.8 Å². The van der Waals surface area contributed by atoms with Crippen LogP contribution in [0.4, 0.5) is 5.82 Å². The summed E-state index contributed by atoms with van der Waals surface area (Å²) in [4.78, 5) is 0. The van der Waals surface area contributed by atoms with Crippen LogP contribution in [0, 0.1) is 31.1 Å². The van der Waals surface area contributed by atoms with E-state index in [1.54, 1.807) is 0 Å². The quantitative estimate of drug-likeness (QED) is 0.864. The van der Waals surface area contributed by atoms with Crippen LogP contribution < -0.4 is 5.32 Å². The summed E-state index contributed by atoms with van der Waals surface area (Å²) in [6.07, 6.45) is 4.14. The van der Waals surface area contributed by atoms with Gasteiger partial charge in [-0.25, -0.2) is 0 Å². The molecule has 0 radical (unpaired) electrons. The van der Waals surface area contributed by atoms with Crippen LogP contribution in [0.25, 0.3) is 0 Å². The van der Waals surface area contributed by atoms with Gasteiger partial charge in [0.05, 0.1) is 5.69 Å². The molecule has 0 amide bonds. The fraction of sp³-hybridized carbons (Fsp3) is 0.643. The van der Waals surface area contributed by atoms with E-state index in [2.05, 4.69) is 21.6 Å². The number of hydrogen-bond donors (Lipinski definition) is 2. The van der Waals surface area contributed by atoms with Crippen molar-refractivity contribution in [3.8, 4) is 6.07 Å². The van der Waals surface area contributed by atoms with Gasteiger partial charge >= 0.3 is 0 Å². The first-order valence-corrected chi connectivity index (χ1v) is 6.78. The van der Waals surface area contributed by atoms with Crippen molar-refractivity contribution in [1.82, 2.24) is 10.2 Å². The van der Waals surface area contributed by atoms with E-state index >= 15 is 0 Å². The van der Waals surface area contributed by atoms with Crippen molar-refractivity contribution in [2.45, 2.75) is 45.6 Å². The van der Waals surface area contributed by atoms with E-state index in [1.165, 1.54) is 0 Å². The molecular weight excluding hydrogens is 240 g/mol. The number of aliphatic hydroxyl groups excluding tert-OH is 1. The highest BCUT2D eigenvalue weighted by atomic mass is 16.3. The zero-order valence-electron chi connectivity index (χ0n) is 11.5. The van der Waals surface area contributed by atoms with Crippen LogP contribution in [0.15, 0.2) is 0 Å². The van der Waals surface area contributed by atoms with Crippen LogP contribution in [0.1, 0.15) is 42.5 Å². The summed E-state index contributed by atoms with van der Waals surface area (Å²) in [5.74, 6) is 1.04. The summed E-state index contributed by atoms with van der Waals surface area (Å²) in [7, 11) is 0. The number of hydrogen-bond acceptors (Lipinski definition) is 5. The Labute approximate surface area is 113 Å². The first kappa shape index (κ1) is 13.8. The number of anilines is 1. The summed E-state index contributed by atoms with van der Waals surface area (Å²) >= 11 is 0. The summed E-state index contributed by atoms with van der Waals surface area (Å²) in [5, 5.41) is 29.9. The fourth-order valence-electron chi connectivity index (χ4n) is 2.76. The van der Waals surface area contributed by atoms with E-state index in [0.717, 1.165) is 36.9 Å². The van der Waals surface area contributed by atoms with Crippen molar-refractivity contribution in [3.05, 3.63) is 16.8 Å². The first-order valence-electron chi connectivity index (χ1n) is 6.78. The minimum atomic E-state index is 0.215. The fourth-order valence-corrected chi connectivity index (χ4v) is 2.76. The van der Waals surface area contributed by atoms with E-state index in [-0.39, 0.29) is 12.6 Å². The molecule has 0 aliphatic heterocycles. The smallest absolute Gasteiger partial charge is 0.167 e. The highest BCUT2D eigenvalue weighted by Crippen LogP contribution is 2.31. The molecule has 0 aromatic carbocycles. The Hall–Kier alpha value is -1.67. The van der Waals surface area contributed by atoms with Crippen LogP contribution in [-0.4, -0.2) is 28.0 Å². The van der Waals surface area contributed by atoms with Gasteiger partial charge in [0, 0.05) is 12.6 Å². The van der Waals surface area contributed by atoms with Gasteiger partial charge in [0.25, 0.3) is 0 Å². The van der Waals surface area contributed by atoms with E-state index in [4.69, 9.17) is 5.11 Å². The number of nitrogens with one attached hydrogen (secondary N) is 1. The predicted molar refractivity (Wildman–Crippen MR) is 72.7 cm³/mol. The maximum absolute atomic E-state index is 9.27. The van der Waals surface area contributed by atoms with E-state index in [0.29, 0.717) is 17.3 Å². The molecule has 1 aromatic rings. The Morgan fingerprint density at radius 2 is 2.16 bits per heavy atom. The van der Waals surface area contributed by atoms with Gasteiger partial charge in [-0.2, -0.15) is 10.4 Å². The normalized spacial score (nSPS) is 22.2. The number of aryl methyl sites for hydroxylation is 1. The monoisotopic (exact) mass is 260 g/mol. The highest BCUT2D eigenvalue weighted by molar-refractivity contribution is 5.56. The zero-order valence-corrected chi connectivity index (χ0v) is 11.5. The molecule has 2 rings (SSSR count). The molecule has 1 fully saturated rings. The third-order valence-corrected chi connectivity index (χ3v) is 4.05. The van der Waals surface area contributed by atoms with Crippen molar-refractivity contribution < 1.29 is 5.11 Å². The molecule has 102 valence electrons. The predicted octanol–water partition coefficient (Wildman–Crippen LogP) is 1.93. The Kier molecular flexibility index (Phi) is 4.33. The number of aliphatic hydroxyl groups is 1. The Morgan fingerprint density at radius 1 is 1.37 bits per heavy atom. The van der Waals surface area contributed by atoms with Gasteiger partial charge < -0.3 is 10.4 Å². The summed E-state index contributed by atoms with van der Waals surface area (Å²) in [6, 6.07) is 2.50. The van der Waals surface area contributed by atoms with Crippen molar-refractivity contribution in [1.29, 1.82) is 5.26 Å². The third kappa shape index (κ3) is 2.85. The molecule has 2 N–H and O–H groups in total. The van der Waals surface area contributed by atoms with Crippen molar-refractivity contribution in [2.75, 3.05) is 11.9 Å². The number of aromatic nitrogens is 2. The second-order valence-corrected chi connectivity index (χ2v) is 5.20. The molecule has 0 saturated heterocycles. The maximum Gasteiger partial charge on any atom is 0.167 e. The molecule has 1 aromatic heterocycles. The molecule has 5 nitrogen and oxygen atoms in total. The lowest BCUT2D eigenvalue weighted by Crippen LogP contribution is -2.26. The SMILES string of the molecule is Cc1nnc(NC2CCCC2CCO)c(C#N)c1C. The van der Waals surface area contributed by atoms with Gasteiger partial charge in [-0.15, -0.1) is 5.10 Å². The second kappa shape index (κ2) is 5.98. The maximum atomic E-state index is 9.27. The van der Waals surface area contributed by atoms with Gasteiger partial charge in [0.1, 0.15) is 11.6 Å². The largest absolute Gasteiger partial charge is 0.396 e. The number of rotatable bonds is 4. The minimum Gasteiger partial charge on any atom is -0.396 e. The first-order chi connectivity index (χ1) is 9.17. The van der Waals surface area contributed by atoms with Crippen LogP contribution in [-0.2, 0) is 0 Å². The molecule has 19 heavy (non-hydrogen) atoms. The molecule has 1 aliphatic rings. The Morgan fingerprint density at radius 3 is 2.84 bits per heavy atom. The van der Waals surface area contributed by atoms with Crippen LogP contribution in [0.5, 0.6) is 0 Å². The van der Waals surface area contributed by atoms with Gasteiger partial charge in [-0.05, 0) is 44.6 Å². The van der Waals surface area contributed by atoms with Gasteiger partial charge in [0.15, 0.2) is 5.82 Å². The van der Waals surface area contributed by atoms with Gasteiger partial charge in [-0.3, -0.25) is 0 Å². The van der Waals surface area contributed by atoms with Crippen molar-refractivity contribution in [3.63, 3.8) is 0 Å². The van der Waals surface area contributed by atoms with Gasteiger partial charge in [-0.1, -0.05) is 6.42 Å². The summed E-state index contributed by atoms with van der Waals surface area (Å²) in [6.45, 7) is 3.97. The second-order valence-electron chi connectivity index (χ2n) is 5.20. The van der Waals surface area contributed by atoms with Crippen LogP contribution >= 0.6 is 0 Å². The Balaban J connectivity index is 2.20. The van der Waals surface area contributed by atoms with E-state index < -0.39 is 0 Å². The minimum absolute atomic E-state index is 0.215. The van der Waals surface area contributed by atoms with Gasteiger partial charge in [0.2, 0.25) is 0 Å². The topological polar surface area (TPSA) is 81.8 Å². The molecule has 0 bridgehead atoms. The molecule has 1 saturated carbocycles. The lowest BCUT2D eigenvalue weighted by atomic mass is 9.99. The molecule has 5 heteroatoms. The Bertz CT molecular complexity index is 495. The van der Waals surface area contributed by atoms with Crippen molar-refractivity contribution in [2.24, 2.45) is 5.92 Å². The lowest BCUT2D eigenvalue weighted by molar-refractivity contribution is 0.254. The zero-order chi connectivity index (χ0) is 13.8. The summed E-state index contributed by atoms with van der Waals surface area (Å²) in [5.41, 5.74) is 2.26. The molecular formula is C14H20N4O. The van der Waals surface area contributed by atoms with Crippen LogP contribution in [0.2, 0.25) is 0 Å². The van der Waals surface area contributed by atoms with Crippen LogP contribution in [0.3, 0.4) is 0 Å². The highest BCUT2D eigenvalue weighted by Gasteiger charge is 2.28. The van der Waals surface area contributed by atoms with Crippen molar-refractivity contribution >= 4 is 5.82 Å². The lowest BCUT2D eigenvalue weighted by Gasteiger charge is -2.21. The average molecular weight is 260 g/mol.